The van der Waals surface area contributed by atoms with Crippen molar-refractivity contribution < 1.29 is 28.9 Å². The highest BCUT2D eigenvalue weighted by Gasteiger charge is 2.21. The van der Waals surface area contributed by atoms with E-state index in [2.05, 4.69) is 0 Å². The van der Waals surface area contributed by atoms with Gasteiger partial charge in [-0.05, 0) is 69.7 Å². The lowest BCUT2D eigenvalue weighted by molar-refractivity contribution is 0.454. The van der Waals surface area contributed by atoms with E-state index < -0.39 is 95.7 Å². The zero-order valence-electron chi connectivity index (χ0n) is 38.1. The minimum Gasteiger partial charge on any atom is -0.537 e. The molecule has 7 rings (SSSR count). The number of benzene rings is 7. The highest BCUT2D eigenvalue weighted by atomic mass is 16.5. The van der Waals surface area contributed by atoms with E-state index >= 15 is 0 Å². The van der Waals surface area contributed by atoms with Gasteiger partial charge in [0.1, 0.15) is 5.75 Å². The summed E-state index contributed by atoms with van der Waals surface area (Å²) in [4.78, 5) is 1.36. The van der Waals surface area contributed by atoms with E-state index in [-0.39, 0.29) is 33.9 Å². The second-order valence-electron chi connectivity index (χ2n) is 9.92. The summed E-state index contributed by atoms with van der Waals surface area (Å²) >= 11 is 0. The number of nitrogens with zero attached hydrogens (tertiary/aromatic N) is 1. The summed E-state index contributed by atoms with van der Waals surface area (Å²) in [5.74, 6) is -0.0242. The lowest BCUT2D eigenvalue weighted by atomic mass is 9.96. The molecule has 0 saturated heterocycles. The molecule has 0 bridgehead atoms. The smallest absolute Gasteiger partial charge is 0.537 e. The molecule has 219 valence electrons. The molecule has 0 heterocycles. The second-order valence-corrected chi connectivity index (χ2v) is 9.92. The average Bonchev–Trinajstić information content (AvgIpc) is 3.26. The van der Waals surface area contributed by atoms with Crippen LogP contribution in [0, 0.1) is 0 Å². The summed E-state index contributed by atoms with van der Waals surface area (Å²) in [5, 5.41) is 9.58. The molecular weight excluding hydrogens is 561 g/mol. The molecule has 1 radical (unpaired) electrons. The standard InChI is InChI=1S/C42H31BNO2/c45-43-46-38-28-29-42(40(30-38)35-16-8-3-9-17-35)44(37-26-24-34(25-27-37)32-14-6-2-7-15-32)41-19-11-10-18-39(41)36-22-20-33(21-23-36)31-12-4-1-5-13-31/h1-30,45H/i2D,3D,6D,7D,8D,9D,14D,15D,16D,17D,24D,25D,26D,27D. The number of rotatable bonds is 9. The highest BCUT2D eigenvalue weighted by Crippen LogP contribution is 2.46. The normalized spacial score (nSPS) is 15.0. The van der Waals surface area contributed by atoms with Crippen LogP contribution in [0.25, 0.3) is 44.5 Å². The van der Waals surface area contributed by atoms with Crippen LogP contribution >= 0.6 is 0 Å². The summed E-state index contributed by atoms with van der Waals surface area (Å²) in [6.45, 7) is 0. The molecule has 0 aliphatic heterocycles. The Morgan fingerprint density at radius 3 is 1.74 bits per heavy atom. The van der Waals surface area contributed by atoms with Crippen LogP contribution in [-0.4, -0.2) is 12.7 Å². The van der Waals surface area contributed by atoms with Crippen molar-refractivity contribution in [3.8, 4) is 50.3 Å². The first-order valence-corrected chi connectivity index (χ1v) is 14.2. The maximum absolute atomic E-state index is 9.58. The van der Waals surface area contributed by atoms with E-state index in [9.17, 15) is 10.5 Å². The Morgan fingerprint density at radius 2 is 1.04 bits per heavy atom. The van der Waals surface area contributed by atoms with Crippen molar-refractivity contribution >= 4 is 24.7 Å². The fourth-order valence-corrected chi connectivity index (χ4v) is 5.10. The first kappa shape index (κ1) is 17.0. The molecule has 0 fully saturated rings. The summed E-state index contributed by atoms with van der Waals surface area (Å²) in [7, 11) is 0.396. The summed E-state index contributed by atoms with van der Waals surface area (Å²) in [5.41, 5.74) is 1.47. The van der Waals surface area contributed by atoms with Gasteiger partial charge in [-0.25, -0.2) is 0 Å². The monoisotopic (exact) mass is 606 g/mol. The molecule has 3 nitrogen and oxygen atoms in total. The van der Waals surface area contributed by atoms with Gasteiger partial charge in [-0.1, -0.05) is 145 Å². The Balaban J connectivity index is 1.59. The van der Waals surface area contributed by atoms with Crippen molar-refractivity contribution in [1.29, 1.82) is 0 Å². The van der Waals surface area contributed by atoms with Crippen LogP contribution in [0.1, 0.15) is 19.2 Å². The minimum absolute atomic E-state index is 0.00327. The number of anilines is 3. The predicted octanol–water partition coefficient (Wildman–Crippen LogP) is 10.7. The van der Waals surface area contributed by atoms with E-state index in [1.165, 1.54) is 23.1 Å². The Hall–Kier alpha value is -5.84. The molecule has 46 heavy (non-hydrogen) atoms. The van der Waals surface area contributed by atoms with Crippen molar-refractivity contribution in [3.63, 3.8) is 0 Å². The number of para-hydroxylation sites is 1. The average molecular weight is 607 g/mol. The van der Waals surface area contributed by atoms with E-state index in [1.54, 1.807) is 24.3 Å². The van der Waals surface area contributed by atoms with Crippen molar-refractivity contribution in [3.05, 3.63) is 182 Å². The highest BCUT2D eigenvalue weighted by molar-refractivity contribution is 6.17. The second kappa shape index (κ2) is 13.4. The molecule has 0 atom stereocenters. The molecule has 4 heteroatoms. The fourth-order valence-electron chi connectivity index (χ4n) is 5.10. The summed E-state index contributed by atoms with van der Waals surface area (Å²) < 4.78 is 128. The fraction of sp³-hybridized carbons (Fsp3) is 0. The molecule has 7 aromatic rings. The maximum Gasteiger partial charge on any atom is 0.569 e. The van der Waals surface area contributed by atoms with Gasteiger partial charge in [0.25, 0.3) is 0 Å². The predicted molar refractivity (Wildman–Crippen MR) is 191 cm³/mol. The lowest BCUT2D eigenvalue weighted by Gasteiger charge is -2.30. The molecule has 0 amide bonds. The number of hydrogen-bond acceptors (Lipinski definition) is 3. The molecule has 7 aromatic carbocycles. The topological polar surface area (TPSA) is 32.7 Å². The molecule has 0 unspecified atom stereocenters. The van der Waals surface area contributed by atoms with Crippen LogP contribution in [0.4, 0.5) is 17.1 Å². The van der Waals surface area contributed by atoms with Gasteiger partial charge < -0.3 is 14.6 Å². The maximum atomic E-state index is 9.58. The van der Waals surface area contributed by atoms with Crippen LogP contribution in [0.2, 0.25) is 0 Å². The molecule has 1 N–H and O–H groups in total. The van der Waals surface area contributed by atoms with Gasteiger partial charge in [0, 0.05) is 16.8 Å². The van der Waals surface area contributed by atoms with Gasteiger partial charge in [-0.15, -0.1) is 0 Å². The molecule has 0 aromatic heterocycles. The van der Waals surface area contributed by atoms with Crippen molar-refractivity contribution in [2.45, 2.75) is 0 Å². The Morgan fingerprint density at radius 1 is 0.478 bits per heavy atom. The van der Waals surface area contributed by atoms with Crippen LogP contribution in [0.3, 0.4) is 0 Å². The summed E-state index contributed by atoms with van der Waals surface area (Å²) in [6, 6.07) is 18.5. The lowest BCUT2D eigenvalue weighted by Crippen LogP contribution is -2.13. The van der Waals surface area contributed by atoms with Crippen molar-refractivity contribution in [2.24, 2.45) is 0 Å². The third kappa shape index (κ3) is 6.07. The largest absolute Gasteiger partial charge is 0.569 e. The SMILES string of the molecule is [2H]c1c([2H])c([2H])c(-c2cc(O[B]O)ccc2N(c2ccccc2-c2ccc(-c3ccccc3)cc2)c2c([2H])c([2H])c(-c3c([2H])c([2H])c([2H])c([2H])c3[2H])c([2H])c2[2H])c([2H])c1[2H]. The van der Waals surface area contributed by atoms with Crippen LogP contribution in [0.5, 0.6) is 5.75 Å². The summed E-state index contributed by atoms with van der Waals surface area (Å²) in [6.07, 6.45) is 0. The van der Waals surface area contributed by atoms with Crippen LogP contribution < -0.4 is 9.55 Å². The van der Waals surface area contributed by atoms with E-state index in [4.69, 9.17) is 18.4 Å². The molecular formula is C42H31BNO2. The molecule has 0 aliphatic rings. The molecule has 0 spiro atoms. The van der Waals surface area contributed by atoms with Crippen LogP contribution in [-0.2, 0) is 0 Å². The zero-order valence-corrected chi connectivity index (χ0v) is 24.1. The van der Waals surface area contributed by atoms with E-state index in [0.29, 0.717) is 18.8 Å². The van der Waals surface area contributed by atoms with E-state index in [1.807, 2.05) is 54.6 Å². The quantitative estimate of drug-likeness (QED) is 0.166. The van der Waals surface area contributed by atoms with Gasteiger partial charge in [0.2, 0.25) is 0 Å². The zero-order chi connectivity index (χ0) is 43.3. The Kier molecular flexibility index (Phi) is 4.97. The van der Waals surface area contributed by atoms with Crippen LogP contribution in [0.15, 0.2) is 182 Å². The van der Waals surface area contributed by atoms with Gasteiger partial charge in [-0.3, -0.25) is 0 Å². The third-order valence-corrected chi connectivity index (χ3v) is 7.20. The van der Waals surface area contributed by atoms with Gasteiger partial charge in [-0.2, -0.15) is 0 Å². The first-order chi connectivity index (χ1) is 28.6. The minimum atomic E-state index is -0.738. The molecule has 0 saturated carbocycles. The van der Waals surface area contributed by atoms with Gasteiger partial charge in [0.15, 0.2) is 0 Å². The van der Waals surface area contributed by atoms with Crippen molar-refractivity contribution in [1.82, 2.24) is 0 Å². The number of hydrogen-bond donors (Lipinski definition) is 1. The van der Waals surface area contributed by atoms with Crippen molar-refractivity contribution in [2.75, 3.05) is 4.90 Å². The van der Waals surface area contributed by atoms with Gasteiger partial charge >= 0.3 is 7.69 Å². The van der Waals surface area contributed by atoms with Gasteiger partial charge in [0.05, 0.1) is 30.6 Å². The van der Waals surface area contributed by atoms with E-state index in [0.717, 1.165) is 11.1 Å². The first-order valence-electron chi connectivity index (χ1n) is 21.2. The molecule has 0 aliphatic carbocycles. The third-order valence-electron chi connectivity index (χ3n) is 7.20. The Bertz CT molecular complexity index is 2750. The Labute approximate surface area is 290 Å².